The number of nitrogens with zero attached hydrogens (tertiary/aromatic N) is 2. The molecule has 142 valence electrons. The van der Waals surface area contributed by atoms with E-state index < -0.39 is 8.07 Å². The summed E-state index contributed by atoms with van der Waals surface area (Å²) in [6.07, 6.45) is 0.662. The average Bonchev–Trinajstić information content (AvgIpc) is 2.61. The Bertz CT molecular complexity index is 519. The van der Waals surface area contributed by atoms with E-state index in [4.69, 9.17) is 19.5 Å². The molecule has 1 rings (SSSR count). The third-order valence-electron chi connectivity index (χ3n) is 4.98. The molecule has 1 heterocycles. The highest BCUT2D eigenvalue weighted by molar-refractivity contribution is 6.87. The quantitative estimate of drug-likeness (QED) is 0.485. The molecule has 0 bridgehead atoms. The van der Waals surface area contributed by atoms with Gasteiger partial charge in [-0.15, -0.1) is 11.5 Å². The fourth-order valence-electron chi connectivity index (χ4n) is 3.03. The van der Waals surface area contributed by atoms with Gasteiger partial charge >= 0.3 is 0 Å². The third kappa shape index (κ3) is 5.88. The van der Waals surface area contributed by atoms with Gasteiger partial charge in [0.25, 0.3) is 0 Å². The van der Waals surface area contributed by atoms with Crippen molar-refractivity contribution in [3.63, 3.8) is 0 Å². The first-order valence-electron chi connectivity index (χ1n) is 9.87. The lowest BCUT2D eigenvalue weighted by atomic mass is 10.0. The monoisotopic (exact) mass is 364 g/mol. The second kappa shape index (κ2) is 10.7. The van der Waals surface area contributed by atoms with Gasteiger partial charge in [0.2, 0.25) is 11.8 Å². The minimum absolute atomic E-state index is 0.0545. The molecule has 0 aromatic rings. The number of rotatable bonds is 7. The Morgan fingerprint density at radius 1 is 0.920 bits per heavy atom. The Kier molecular flexibility index (Phi) is 9.27. The van der Waals surface area contributed by atoms with E-state index in [0.29, 0.717) is 25.6 Å². The Hall–Kier alpha value is -1.28. The zero-order valence-electron chi connectivity index (χ0n) is 17.2. The lowest BCUT2D eigenvalue weighted by Gasteiger charge is -2.27. The summed E-state index contributed by atoms with van der Waals surface area (Å²) in [5, 5.41) is 0. The third-order valence-corrected chi connectivity index (χ3v) is 9.75. The normalized spacial score (nSPS) is 20.5. The van der Waals surface area contributed by atoms with Crippen molar-refractivity contribution >= 4 is 19.9 Å². The fraction of sp³-hybridized carbons (Fsp3) is 0.800. The topological polar surface area (TPSA) is 43.2 Å². The van der Waals surface area contributed by atoms with Crippen molar-refractivity contribution in [2.45, 2.75) is 85.1 Å². The minimum atomic E-state index is -1.43. The summed E-state index contributed by atoms with van der Waals surface area (Å²) in [6.45, 7) is 16.3. The van der Waals surface area contributed by atoms with Crippen molar-refractivity contribution in [1.29, 1.82) is 0 Å². The summed E-state index contributed by atoms with van der Waals surface area (Å²) in [6, 6.07) is 3.45. The summed E-state index contributed by atoms with van der Waals surface area (Å²) in [4.78, 5) is 9.63. The SMILES string of the molecule is CCOC1=N[C@H](CC#C[Si](CC)(CC)CC)C(OCC)=N[C@H]1C(C)C. The van der Waals surface area contributed by atoms with Gasteiger partial charge in [-0.2, -0.15) is 0 Å². The first kappa shape index (κ1) is 21.8. The highest BCUT2D eigenvalue weighted by atomic mass is 28.3. The van der Waals surface area contributed by atoms with Gasteiger partial charge in [-0.25, -0.2) is 9.98 Å². The lowest BCUT2D eigenvalue weighted by molar-refractivity contribution is 0.276. The Morgan fingerprint density at radius 3 is 1.96 bits per heavy atom. The second-order valence-corrected chi connectivity index (χ2v) is 11.8. The van der Waals surface area contributed by atoms with E-state index >= 15 is 0 Å². The minimum Gasteiger partial charge on any atom is -0.480 e. The van der Waals surface area contributed by atoms with E-state index in [1.807, 2.05) is 13.8 Å². The van der Waals surface area contributed by atoms with E-state index in [1.165, 1.54) is 18.1 Å². The summed E-state index contributed by atoms with van der Waals surface area (Å²) >= 11 is 0. The highest BCUT2D eigenvalue weighted by Crippen LogP contribution is 2.21. The van der Waals surface area contributed by atoms with Gasteiger partial charge in [0.15, 0.2) is 0 Å². The summed E-state index contributed by atoms with van der Waals surface area (Å²) in [7, 11) is -1.43. The Labute approximate surface area is 155 Å². The van der Waals surface area contributed by atoms with Crippen LogP contribution in [0.15, 0.2) is 9.98 Å². The van der Waals surface area contributed by atoms with Crippen LogP contribution in [0.1, 0.15) is 54.9 Å². The van der Waals surface area contributed by atoms with Gasteiger partial charge in [-0.3, -0.25) is 0 Å². The molecule has 0 unspecified atom stereocenters. The fourth-order valence-corrected chi connectivity index (χ4v) is 5.54. The van der Waals surface area contributed by atoms with Crippen molar-refractivity contribution in [1.82, 2.24) is 0 Å². The van der Waals surface area contributed by atoms with Crippen molar-refractivity contribution < 1.29 is 9.47 Å². The van der Waals surface area contributed by atoms with Crippen LogP contribution < -0.4 is 0 Å². The standard InChI is InChI=1S/C20H36N2O2Si/c1-8-23-19-17(14-13-15-25(10-3,11-4)12-5)21-20(24-9-2)18(22-19)16(6)7/h16-18H,8-12,14H2,1-7H3/t17-,18+/m1/s1. The number of ether oxygens (including phenoxy) is 2. The zero-order chi connectivity index (χ0) is 18.9. The molecule has 0 N–H and O–H groups in total. The molecule has 1 aliphatic rings. The van der Waals surface area contributed by atoms with E-state index in [0.717, 1.165) is 11.8 Å². The lowest BCUT2D eigenvalue weighted by Crippen LogP contribution is -2.38. The molecule has 0 fully saturated rings. The van der Waals surface area contributed by atoms with Crippen LogP contribution in [0.2, 0.25) is 18.1 Å². The molecular formula is C20H36N2O2Si. The van der Waals surface area contributed by atoms with Gasteiger partial charge in [0.05, 0.1) is 13.2 Å². The average molecular weight is 365 g/mol. The number of hydrogen-bond donors (Lipinski definition) is 0. The molecule has 2 atom stereocenters. The van der Waals surface area contributed by atoms with Crippen LogP contribution in [0.4, 0.5) is 0 Å². The molecule has 0 aromatic heterocycles. The van der Waals surface area contributed by atoms with Gasteiger partial charge in [0.1, 0.15) is 20.2 Å². The maximum Gasteiger partial charge on any atom is 0.210 e. The first-order valence-corrected chi connectivity index (χ1v) is 12.5. The molecule has 0 aliphatic carbocycles. The number of aliphatic imine (C=N–C) groups is 2. The van der Waals surface area contributed by atoms with Crippen molar-refractivity contribution in [3.05, 3.63) is 0 Å². The summed E-state index contributed by atoms with van der Waals surface area (Å²) in [5.74, 6) is 5.21. The molecule has 0 saturated heterocycles. The maximum atomic E-state index is 5.79. The summed E-state index contributed by atoms with van der Waals surface area (Å²) < 4.78 is 11.6. The van der Waals surface area contributed by atoms with E-state index in [2.05, 4.69) is 46.1 Å². The van der Waals surface area contributed by atoms with Gasteiger partial charge in [0, 0.05) is 6.42 Å². The zero-order valence-corrected chi connectivity index (χ0v) is 18.2. The molecular weight excluding hydrogens is 328 g/mol. The van der Waals surface area contributed by atoms with E-state index in [-0.39, 0.29) is 12.1 Å². The molecule has 0 amide bonds. The highest BCUT2D eigenvalue weighted by Gasteiger charge is 2.31. The van der Waals surface area contributed by atoms with Crippen molar-refractivity contribution in [3.8, 4) is 11.5 Å². The van der Waals surface area contributed by atoms with Crippen LogP contribution in [0.3, 0.4) is 0 Å². The Morgan fingerprint density at radius 2 is 1.48 bits per heavy atom. The van der Waals surface area contributed by atoms with Crippen LogP contribution >= 0.6 is 0 Å². The Balaban J connectivity index is 3.04. The van der Waals surface area contributed by atoms with Crippen molar-refractivity contribution in [2.24, 2.45) is 15.9 Å². The van der Waals surface area contributed by atoms with Crippen LogP contribution in [-0.2, 0) is 9.47 Å². The molecule has 5 heteroatoms. The molecule has 0 saturated carbocycles. The summed E-state index contributed by atoms with van der Waals surface area (Å²) in [5.41, 5.74) is 3.64. The van der Waals surface area contributed by atoms with E-state index in [9.17, 15) is 0 Å². The molecule has 0 radical (unpaired) electrons. The van der Waals surface area contributed by atoms with E-state index in [1.54, 1.807) is 0 Å². The second-order valence-electron chi connectivity index (χ2n) is 6.85. The van der Waals surface area contributed by atoms with Gasteiger partial charge in [-0.1, -0.05) is 34.6 Å². The first-order chi connectivity index (χ1) is 12.0. The predicted octanol–water partition coefficient (Wildman–Crippen LogP) is 4.70. The molecule has 4 nitrogen and oxygen atoms in total. The molecule has 25 heavy (non-hydrogen) atoms. The number of hydrogen-bond acceptors (Lipinski definition) is 4. The van der Waals surface area contributed by atoms with Crippen LogP contribution in [0.5, 0.6) is 0 Å². The largest absolute Gasteiger partial charge is 0.480 e. The predicted molar refractivity (Wildman–Crippen MR) is 110 cm³/mol. The van der Waals surface area contributed by atoms with Crippen LogP contribution in [-0.4, -0.2) is 45.2 Å². The maximum absolute atomic E-state index is 5.79. The smallest absolute Gasteiger partial charge is 0.210 e. The molecule has 0 spiro atoms. The molecule has 0 aromatic carbocycles. The van der Waals surface area contributed by atoms with Crippen LogP contribution in [0, 0.1) is 17.4 Å². The van der Waals surface area contributed by atoms with Gasteiger partial charge in [-0.05, 0) is 37.9 Å². The van der Waals surface area contributed by atoms with Crippen LogP contribution in [0.25, 0.3) is 0 Å². The molecule has 1 aliphatic heterocycles. The van der Waals surface area contributed by atoms with Crippen molar-refractivity contribution in [2.75, 3.05) is 13.2 Å². The van der Waals surface area contributed by atoms with Gasteiger partial charge < -0.3 is 9.47 Å².